The normalized spacial score (nSPS) is 11.7. The zero-order valence-electron chi connectivity index (χ0n) is 17.6. The van der Waals surface area contributed by atoms with Gasteiger partial charge in [0, 0.05) is 30.2 Å². The molecule has 0 aliphatic rings. The first-order valence-electron chi connectivity index (χ1n) is 9.28. The highest BCUT2D eigenvalue weighted by molar-refractivity contribution is 6.07. The highest BCUT2D eigenvalue weighted by atomic mass is 19.2. The summed E-state index contributed by atoms with van der Waals surface area (Å²) in [6, 6.07) is 7.30. The maximum absolute atomic E-state index is 13.2. The summed E-state index contributed by atoms with van der Waals surface area (Å²) < 4.78 is 44.7. The Morgan fingerprint density at radius 3 is 2.35 bits per heavy atom. The fraction of sp³-hybridized carbons (Fsp3) is 0.217. The zero-order chi connectivity index (χ0) is 23.1. The molecule has 0 amide bonds. The standard InChI is InChI=1S/C23H22F3N3O2/c1-13-8-22(31-4)14(2)7-20(13)29-15(3)17(11-27)21(30)5-6-28-12-16-9-18(24)23(26)19(25)10-16/h5-10,28-29H,12H2,1-4H3/b6-5-,17-15+. The van der Waals surface area contributed by atoms with Gasteiger partial charge in [0.15, 0.2) is 23.2 Å². The van der Waals surface area contributed by atoms with E-state index in [4.69, 9.17) is 4.74 Å². The molecule has 2 N–H and O–H groups in total. The fourth-order valence-electron chi connectivity index (χ4n) is 2.84. The Balaban J connectivity index is 2.09. The lowest BCUT2D eigenvalue weighted by Gasteiger charge is -2.14. The van der Waals surface area contributed by atoms with Gasteiger partial charge in [-0.05, 0) is 61.7 Å². The number of nitrogens with zero attached hydrogens (tertiary/aromatic N) is 1. The molecule has 5 nitrogen and oxygen atoms in total. The van der Waals surface area contributed by atoms with Crippen molar-refractivity contribution < 1.29 is 22.7 Å². The summed E-state index contributed by atoms with van der Waals surface area (Å²) >= 11 is 0. The largest absolute Gasteiger partial charge is 0.496 e. The smallest absolute Gasteiger partial charge is 0.199 e. The summed E-state index contributed by atoms with van der Waals surface area (Å²) in [6.45, 7) is 5.33. The Morgan fingerprint density at radius 2 is 1.77 bits per heavy atom. The van der Waals surface area contributed by atoms with Crippen LogP contribution in [0.25, 0.3) is 0 Å². The van der Waals surface area contributed by atoms with E-state index in [0.29, 0.717) is 5.70 Å². The van der Waals surface area contributed by atoms with Gasteiger partial charge in [0.05, 0.1) is 7.11 Å². The van der Waals surface area contributed by atoms with E-state index in [-0.39, 0.29) is 17.7 Å². The van der Waals surface area contributed by atoms with Crippen LogP contribution in [0, 0.1) is 42.6 Å². The van der Waals surface area contributed by atoms with Crippen LogP contribution in [0.1, 0.15) is 23.6 Å². The van der Waals surface area contributed by atoms with Crippen molar-refractivity contribution in [2.75, 3.05) is 12.4 Å². The van der Waals surface area contributed by atoms with Crippen molar-refractivity contribution in [2.24, 2.45) is 0 Å². The zero-order valence-corrected chi connectivity index (χ0v) is 17.6. The molecule has 0 atom stereocenters. The van der Waals surface area contributed by atoms with Crippen molar-refractivity contribution in [3.8, 4) is 11.8 Å². The van der Waals surface area contributed by atoms with Gasteiger partial charge in [-0.25, -0.2) is 13.2 Å². The van der Waals surface area contributed by atoms with Gasteiger partial charge in [-0.2, -0.15) is 5.26 Å². The lowest BCUT2D eigenvalue weighted by Crippen LogP contribution is -2.10. The summed E-state index contributed by atoms with van der Waals surface area (Å²) in [6.07, 6.45) is 2.39. The predicted octanol–water partition coefficient (Wildman–Crippen LogP) is 4.81. The van der Waals surface area contributed by atoms with Crippen LogP contribution in [0.3, 0.4) is 0 Å². The molecule has 8 heteroatoms. The lowest BCUT2D eigenvalue weighted by molar-refractivity contribution is -0.111. The van der Waals surface area contributed by atoms with Gasteiger partial charge in [-0.3, -0.25) is 4.79 Å². The first kappa shape index (κ1) is 23.5. The number of carbonyl (C=O) groups excluding carboxylic acids is 1. The average Bonchev–Trinajstić information content (AvgIpc) is 2.72. The minimum Gasteiger partial charge on any atom is -0.496 e. The van der Waals surface area contributed by atoms with Crippen molar-refractivity contribution in [1.29, 1.82) is 5.26 Å². The molecule has 0 saturated heterocycles. The molecule has 0 bridgehead atoms. The molecule has 0 spiro atoms. The van der Waals surface area contributed by atoms with Crippen LogP contribution in [0.4, 0.5) is 18.9 Å². The Hall–Kier alpha value is -3.73. The maximum atomic E-state index is 13.2. The SMILES string of the molecule is COc1cc(C)c(N/C(C)=C(\C#N)C(=O)/C=C\NCc2cc(F)c(F)c(F)c2)cc1C. The third kappa shape index (κ3) is 5.89. The van der Waals surface area contributed by atoms with E-state index in [1.165, 1.54) is 6.20 Å². The summed E-state index contributed by atoms with van der Waals surface area (Å²) in [4.78, 5) is 12.4. The topological polar surface area (TPSA) is 74.1 Å². The van der Waals surface area contributed by atoms with Crippen molar-refractivity contribution in [3.05, 3.63) is 82.0 Å². The molecule has 162 valence electrons. The van der Waals surface area contributed by atoms with Crippen molar-refractivity contribution in [1.82, 2.24) is 5.32 Å². The predicted molar refractivity (Wildman–Crippen MR) is 112 cm³/mol. The van der Waals surface area contributed by atoms with Gasteiger partial charge < -0.3 is 15.4 Å². The highest BCUT2D eigenvalue weighted by Gasteiger charge is 2.13. The van der Waals surface area contributed by atoms with Gasteiger partial charge in [0.2, 0.25) is 0 Å². The second kappa shape index (κ2) is 10.3. The maximum Gasteiger partial charge on any atom is 0.199 e. The molecule has 0 aliphatic carbocycles. The number of methoxy groups -OCH3 is 1. The van der Waals surface area contributed by atoms with Gasteiger partial charge >= 0.3 is 0 Å². The van der Waals surface area contributed by atoms with E-state index in [1.54, 1.807) is 14.0 Å². The molecule has 2 aromatic rings. The molecule has 0 radical (unpaired) electrons. The number of halogens is 3. The number of allylic oxidation sites excluding steroid dienone is 3. The van der Waals surface area contributed by atoms with E-state index in [9.17, 15) is 23.2 Å². The first-order valence-corrected chi connectivity index (χ1v) is 9.28. The van der Waals surface area contributed by atoms with E-state index in [2.05, 4.69) is 10.6 Å². The second-order valence-electron chi connectivity index (χ2n) is 6.83. The quantitative estimate of drug-likeness (QED) is 0.358. The number of hydrogen-bond donors (Lipinski definition) is 2. The second-order valence-corrected chi connectivity index (χ2v) is 6.83. The van der Waals surface area contributed by atoms with Gasteiger partial charge in [-0.1, -0.05) is 0 Å². The Morgan fingerprint density at radius 1 is 1.13 bits per heavy atom. The Labute approximate surface area is 178 Å². The summed E-state index contributed by atoms with van der Waals surface area (Å²) in [7, 11) is 1.58. The molecule has 0 saturated carbocycles. The van der Waals surface area contributed by atoms with Crippen LogP contribution in [0.2, 0.25) is 0 Å². The number of ketones is 1. The first-order chi connectivity index (χ1) is 14.7. The van der Waals surface area contributed by atoms with Crippen molar-refractivity contribution in [2.45, 2.75) is 27.3 Å². The molecular formula is C23H22F3N3O2. The summed E-state index contributed by atoms with van der Waals surface area (Å²) in [5, 5.41) is 15.2. The minimum atomic E-state index is -1.54. The fourth-order valence-corrected chi connectivity index (χ4v) is 2.84. The van der Waals surface area contributed by atoms with Gasteiger partial charge in [0.25, 0.3) is 0 Å². The van der Waals surface area contributed by atoms with E-state index < -0.39 is 23.2 Å². The number of benzene rings is 2. The molecule has 0 fully saturated rings. The summed E-state index contributed by atoms with van der Waals surface area (Å²) in [5.74, 6) is -3.95. The lowest BCUT2D eigenvalue weighted by atomic mass is 10.1. The molecule has 2 aromatic carbocycles. The van der Waals surface area contributed by atoms with E-state index in [0.717, 1.165) is 40.8 Å². The number of ether oxygens (including phenoxy) is 1. The van der Waals surface area contributed by atoms with E-state index in [1.807, 2.05) is 32.0 Å². The Bertz CT molecular complexity index is 1080. The van der Waals surface area contributed by atoms with Crippen LogP contribution < -0.4 is 15.4 Å². The van der Waals surface area contributed by atoms with Gasteiger partial charge in [-0.15, -0.1) is 0 Å². The third-order valence-corrected chi connectivity index (χ3v) is 4.50. The number of nitrogens with one attached hydrogen (secondary N) is 2. The van der Waals surface area contributed by atoms with Crippen LogP contribution in [-0.2, 0) is 11.3 Å². The number of nitriles is 1. The van der Waals surface area contributed by atoms with Crippen molar-refractivity contribution >= 4 is 11.5 Å². The van der Waals surface area contributed by atoms with Crippen LogP contribution in [-0.4, -0.2) is 12.9 Å². The monoisotopic (exact) mass is 429 g/mol. The third-order valence-electron chi connectivity index (χ3n) is 4.50. The average molecular weight is 429 g/mol. The summed E-state index contributed by atoms with van der Waals surface area (Å²) in [5.41, 5.74) is 2.94. The van der Waals surface area contributed by atoms with E-state index >= 15 is 0 Å². The van der Waals surface area contributed by atoms with Gasteiger partial charge in [0.1, 0.15) is 17.4 Å². The number of anilines is 1. The van der Waals surface area contributed by atoms with Crippen LogP contribution in [0.5, 0.6) is 5.75 Å². The minimum absolute atomic E-state index is 0.0367. The molecule has 0 heterocycles. The molecule has 31 heavy (non-hydrogen) atoms. The van der Waals surface area contributed by atoms with Crippen molar-refractivity contribution in [3.63, 3.8) is 0 Å². The molecule has 2 rings (SSSR count). The number of carbonyl (C=O) groups is 1. The van der Waals surface area contributed by atoms with Crippen LogP contribution >= 0.6 is 0 Å². The number of aryl methyl sites for hydroxylation is 2. The molecule has 0 unspecified atom stereocenters. The Kier molecular flexibility index (Phi) is 7.86. The molecular weight excluding hydrogens is 407 g/mol. The van der Waals surface area contributed by atoms with Crippen LogP contribution in [0.15, 0.2) is 47.8 Å². The highest BCUT2D eigenvalue weighted by Crippen LogP contribution is 2.27. The number of rotatable bonds is 8. The molecule has 0 aliphatic heterocycles. The molecule has 0 aromatic heterocycles. The number of hydrogen-bond acceptors (Lipinski definition) is 5.